The zero-order valence-corrected chi connectivity index (χ0v) is 18.3. The van der Waals surface area contributed by atoms with E-state index in [1.807, 2.05) is 43.3 Å². The van der Waals surface area contributed by atoms with Crippen molar-refractivity contribution in [2.24, 2.45) is 0 Å². The molecular weight excluding hydrogens is 442 g/mol. The Morgan fingerprint density at radius 2 is 1.73 bits per heavy atom. The highest BCUT2D eigenvalue weighted by atomic mass is 79.9. The number of halogens is 1. The summed E-state index contributed by atoms with van der Waals surface area (Å²) in [6, 6.07) is 20.3. The summed E-state index contributed by atoms with van der Waals surface area (Å²) in [5.74, 6) is 1.48. The van der Waals surface area contributed by atoms with Gasteiger partial charge < -0.3 is 14.0 Å². The van der Waals surface area contributed by atoms with Gasteiger partial charge in [-0.25, -0.2) is 9.97 Å². The quantitative estimate of drug-likeness (QED) is 0.324. The smallest absolute Gasteiger partial charge is 0.161 e. The van der Waals surface area contributed by atoms with Crippen LogP contribution in [0.5, 0.6) is 11.5 Å². The molecule has 0 aliphatic rings. The van der Waals surface area contributed by atoms with Crippen LogP contribution in [-0.2, 0) is 6.54 Å². The molecule has 0 amide bonds. The molecule has 0 unspecified atom stereocenters. The van der Waals surface area contributed by atoms with Crippen LogP contribution >= 0.6 is 15.9 Å². The van der Waals surface area contributed by atoms with Crippen molar-refractivity contribution in [3.63, 3.8) is 0 Å². The Hall–Kier alpha value is -3.12. The number of fused-ring (bicyclic) bond motifs is 4. The summed E-state index contributed by atoms with van der Waals surface area (Å²) < 4.78 is 14.4. The summed E-state index contributed by atoms with van der Waals surface area (Å²) in [4.78, 5) is 9.89. The van der Waals surface area contributed by atoms with Crippen molar-refractivity contribution in [1.29, 1.82) is 0 Å². The van der Waals surface area contributed by atoms with Crippen LogP contribution in [0.15, 0.2) is 65.1 Å². The first-order valence-electron chi connectivity index (χ1n) is 9.82. The Bertz CT molecular complexity index is 1390. The summed E-state index contributed by atoms with van der Waals surface area (Å²) in [7, 11) is 1.66. The molecule has 0 aliphatic heterocycles. The molecule has 30 heavy (non-hydrogen) atoms. The molecule has 0 N–H and O–H groups in total. The van der Waals surface area contributed by atoms with Gasteiger partial charge in [-0.2, -0.15) is 0 Å². The number of methoxy groups -OCH3 is 1. The van der Waals surface area contributed by atoms with Crippen LogP contribution in [0.2, 0.25) is 0 Å². The SMILES string of the molecule is CCOc1ccc(Cn2c3ccc(Br)cc3c3nc4ccccc4nc32)cc1OC. The molecule has 0 saturated heterocycles. The topological polar surface area (TPSA) is 49.2 Å². The van der Waals surface area contributed by atoms with Crippen LogP contribution in [0.4, 0.5) is 0 Å². The molecule has 0 spiro atoms. The maximum absolute atomic E-state index is 5.66. The first kappa shape index (κ1) is 18.9. The van der Waals surface area contributed by atoms with E-state index in [2.05, 4.69) is 44.8 Å². The van der Waals surface area contributed by atoms with Gasteiger partial charge >= 0.3 is 0 Å². The van der Waals surface area contributed by atoms with E-state index in [1.165, 1.54) is 0 Å². The predicted octanol–water partition coefficient (Wildman–Crippen LogP) is 5.96. The lowest BCUT2D eigenvalue weighted by atomic mass is 10.2. The molecule has 5 aromatic rings. The fraction of sp³-hybridized carbons (Fsp3) is 0.167. The third kappa shape index (κ3) is 3.17. The minimum atomic E-state index is 0.597. The molecule has 2 heterocycles. The van der Waals surface area contributed by atoms with Gasteiger partial charge in [-0.05, 0) is 55.0 Å². The van der Waals surface area contributed by atoms with E-state index in [9.17, 15) is 0 Å². The Balaban J connectivity index is 1.72. The fourth-order valence-electron chi connectivity index (χ4n) is 3.83. The van der Waals surface area contributed by atoms with Crippen LogP contribution in [-0.4, -0.2) is 28.3 Å². The largest absolute Gasteiger partial charge is 0.493 e. The van der Waals surface area contributed by atoms with Crippen LogP contribution in [0.1, 0.15) is 12.5 Å². The highest BCUT2D eigenvalue weighted by Gasteiger charge is 2.16. The molecule has 0 atom stereocenters. The van der Waals surface area contributed by atoms with Gasteiger partial charge in [0.1, 0.15) is 5.52 Å². The molecule has 5 nitrogen and oxygen atoms in total. The number of para-hydroxylation sites is 2. The molecule has 5 rings (SSSR count). The fourth-order valence-corrected chi connectivity index (χ4v) is 4.20. The minimum absolute atomic E-state index is 0.597. The van der Waals surface area contributed by atoms with Gasteiger partial charge in [0.2, 0.25) is 0 Å². The highest BCUT2D eigenvalue weighted by molar-refractivity contribution is 9.10. The molecular formula is C24H20BrN3O2. The van der Waals surface area contributed by atoms with Gasteiger partial charge in [0, 0.05) is 16.4 Å². The van der Waals surface area contributed by atoms with Crippen LogP contribution < -0.4 is 9.47 Å². The van der Waals surface area contributed by atoms with Gasteiger partial charge in [0.15, 0.2) is 17.1 Å². The lowest BCUT2D eigenvalue weighted by Crippen LogP contribution is -2.02. The number of benzene rings is 3. The summed E-state index contributed by atoms with van der Waals surface area (Å²) in [6.07, 6.45) is 0. The first-order valence-corrected chi connectivity index (χ1v) is 10.6. The van der Waals surface area contributed by atoms with E-state index in [0.717, 1.165) is 54.6 Å². The van der Waals surface area contributed by atoms with E-state index >= 15 is 0 Å². The molecule has 3 aromatic carbocycles. The molecule has 0 bridgehead atoms. The molecule has 6 heteroatoms. The zero-order chi connectivity index (χ0) is 20.7. The maximum atomic E-state index is 5.66. The monoisotopic (exact) mass is 461 g/mol. The van der Waals surface area contributed by atoms with E-state index < -0.39 is 0 Å². The molecule has 0 saturated carbocycles. The van der Waals surface area contributed by atoms with Gasteiger partial charge in [0.05, 0.1) is 30.3 Å². The highest BCUT2D eigenvalue weighted by Crippen LogP contribution is 2.33. The summed E-state index contributed by atoms with van der Waals surface area (Å²) in [5, 5.41) is 1.08. The van der Waals surface area contributed by atoms with E-state index in [-0.39, 0.29) is 0 Å². The average Bonchev–Trinajstić information content (AvgIpc) is 3.05. The summed E-state index contributed by atoms with van der Waals surface area (Å²) in [6.45, 7) is 3.21. The number of hydrogen-bond donors (Lipinski definition) is 0. The third-order valence-electron chi connectivity index (χ3n) is 5.18. The maximum Gasteiger partial charge on any atom is 0.161 e. The molecule has 2 aromatic heterocycles. The minimum Gasteiger partial charge on any atom is -0.493 e. The second-order valence-electron chi connectivity index (χ2n) is 7.05. The zero-order valence-electron chi connectivity index (χ0n) is 16.7. The van der Waals surface area contributed by atoms with Crippen LogP contribution in [0.25, 0.3) is 33.1 Å². The van der Waals surface area contributed by atoms with Crippen molar-refractivity contribution >= 4 is 49.0 Å². The summed E-state index contributed by atoms with van der Waals surface area (Å²) >= 11 is 3.60. The molecule has 0 radical (unpaired) electrons. The average molecular weight is 462 g/mol. The van der Waals surface area contributed by atoms with Crippen LogP contribution in [0, 0.1) is 0 Å². The molecule has 0 aliphatic carbocycles. The van der Waals surface area contributed by atoms with Gasteiger partial charge in [-0.1, -0.05) is 34.1 Å². The molecule has 0 fully saturated rings. The number of hydrogen-bond acceptors (Lipinski definition) is 4. The Kier molecular flexibility index (Phi) is 4.79. The second-order valence-corrected chi connectivity index (χ2v) is 7.97. The van der Waals surface area contributed by atoms with Gasteiger partial charge in [-0.15, -0.1) is 0 Å². The lowest BCUT2D eigenvalue weighted by Gasteiger charge is -2.12. The molecule has 150 valence electrons. The van der Waals surface area contributed by atoms with E-state index in [4.69, 9.17) is 19.4 Å². The number of rotatable bonds is 5. The third-order valence-corrected chi connectivity index (χ3v) is 5.67. The Morgan fingerprint density at radius 1 is 0.933 bits per heavy atom. The number of aromatic nitrogens is 3. The van der Waals surface area contributed by atoms with Crippen LogP contribution in [0.3, 0.4) is 0 Å². The van der Waals surface area contributed by atoms with Crippen molar-refractivity contribution in [2.75, 3.05) is 13.7 Å². The first-order chi connectivity index (χ1) is 14.7. The van der Waals surface area contributed by atoms with Crippen molar-refractivity contribution in [3.8, 4) is 11.5 Å². The summed E-state index contributed by atoms with van der Waals surface area (Å²) in [5.41, 5.74) is 5.75. The standard InChI is InChI=1S/C24H20BrN3O2/c1-3-30-21-11-8-15(12-22(21)29-2)14-28-20-10-9-16(25)13-17(20)23-24(28)27-19-7-5-4-6-18(19)26-23/h4-13H,3,14H2,1-2H3. The van der Waals surface area contributed by atoms with Crippen molar-refractivity contribution in [3.05, 3.63) is 70.7 Å². The van der Waals surface area contributed by atoms with E-state index in [1.54, 1.807) is 7.11 Å². The Morgan fingerprint density at radius 3 is 2.50 bits per heavy atom. The number of ether oxygens (including phenoxy) is 2. The Labute approximate surface area is 182 Å². The lowest BCUT2D eigenvalue weighted by molar-refractivity contribution is 0.310. The van der Waals surface area contributed by atoms with Crippen molar-refractivity contribution in [2.45, 2.75) is 13.5 Å². The van der Waals surface area contributed by atoms with Crippen molar-refractivity contribution < 1.29 is 9.47 Å². The van der Waals surface area contributed by atoms with Crippen molar-refractivity contribution in [1.82, 2.24) is 14.5 Å². The number of nitrogens with zero attached hydrogens (tertiary/aromatic N) is 3. The predicted molar refractivity (Wildman–Crippen MR) is 124 cm³/mol. The van der Waals surface area contributed by atoms with Gasteiger partial charge in [0.25, 0.3) is 0 Å². The van der Waals surface area contributed by atoms with E-state index in [0.29, 0.717) is 13.2 Å². The normalized spacial score (nSPS) is 11.4. The van der Waals surface area contributed by atoms with Gasteiger partial charge in [-0.3, -0.25) is 0 Å². The second kappa shape index (κ2) is 7.61.